The molecule has 0 aliphatic heterocycles. The Morgan fingerprint density at radius 3 is 2.53 bits per heavy atom. The molecule has 1 saturated carbocycles. The number of phenolic OH excluding ortho intramolecular Hbond substituents is 1. The zero-order valence-electron chi connectivity index (χ0n) is 10.6. The van der Waals surface area contributed by atoms with Crippen LogP contribution >= 0.6 is 0 Å². The van der Waals surface area contributed by atoms with E-state index in [-0.39, 0.29) is 5.75 Å². The molecule has 0 spiro atoms. The zero-order chi connectivity index (χ0) is 12.3. The first-order valence-electron chi connectivity index (χ1n) is 6.34. The summed E-state index contributed by atoms with van der Waals surface area (Å²) in [6.07, 6.45) is 6.49. The normalized spacial score (nSPS) is 16.8. The molecule has 0 atom stereocenters. The number of hydrogen-bond donors (Lipinski definition) is 1. The molecule has 1 aromatic rings. The van der Waals surface area contributed by atoms with Gasteiger partial charge in [-0.25, -0.2) is 0 Å². The molecule has 0 unspecified atom stereocenters. The van der Waals surface area contributed by atoms with E-state index in [0.717, 1.165) is 24.3 Å². The van der Waals surface area contributed by atoms with Gasteiger partial charge >= 0.3 is 0 Å². The van der Waals surface area contributed by atoms with Gasteiger partial charge in [-0.05, 0) is 37.8 Å². The molecule has 1 aliphatic rings. The van der Waals surface area contributed by atoms with Crippen LogP contribution in [-0.4, -0.2) is 25.3 Å². The minimum atomic E-state index is 0.282. The molecule has 1 N–H and O–H groups in total. The largest absolute Gasteiger partial charge is 0.508 e. The molecule has 0 heterocycles. The minimum absolute atomic E-state index is 0.282. The van der Waals surface area contributed by atoms with Gasteiger partial charge in [-0.1, -0.05) is 6.42 Å². The van der Waals surface area contributed by atoms with Crippen LogP contribution in [0.1, 0.15) is 32.1 Å². The first-order valence-corrected chi connectivity index (χ1v) is 6.34. The Morgan fingerprint density at radius 2 is 1.88 bits per heavy atom. The summed E-state index contributed by atoms with van der Waals surface area (Å²) in [4.78, 5) is 1.97. The number of hydrogen-bond acceptors (Lipinski definition) is 3. The van der Waals surface area contributed by atoms with Crippen LogP contribution < -0.4 is 9.64 Å². The topological polar surface area (TPSA) is 32.7 Å². The molecule has 0 amide bonds. The van der Waals surface area contributed by atoms with Crippen LogP contribution in [0.3, 0.4) is 0 Å². The fourth-order valence-electron chi connectivity index (χ4n) is 2.32. The van der Waals surface area contributed by atoms with Crippen molar-refractivity contribution >= 4 is 5.69 Å². The van der Waals surface area contributed by atoms with Gasteiger partial charge in [0.2, 0.25) is 0 Å². The highest BCUT2D eigenvalue weighted by molar-refractivity contribution is 5.60. The van der Waals surface area contributed by atoms with Crippen molar-refractivity contribution < 1.29 is 9.84 Å². The Bertz CT molecular complexity index is 370. The van der Waals surface area contributed by atoms with Crippen molar-refractivity contribution in [2.24, 2.45) is 0 Å². The Labute approximate surface area is 103 Å². The lowest BCUT2D eigenvalue weighted by atomic mass is 9.98. The van der Waals surface area contributed by atoms with E-state index < -0.39 is 0 Å². The average Bonchev–Trinajstić information content (AvgIpc) is 2.32. The third kappa shape index (κ3) is 3.05. The molecule has 3 nitrogen and oxygen atoms in total. The number of aromatic hydroxyl groups is 1. The number of ether oxygens (including phenoxy) is 1. The molecule has 0 aromatic heterocycles. The van der Waals surface area contributed by atoms with Gasteiger partial charge in [0.1, 0.15) is 11.5 Å². The maximum Gasteiger partial charge on any atom is 0.143 e. The quantitative estimate of drug-likeness (QED) is 0.873. The lowest BCUT2D eigenvalue weighted by molar-refractivity contribution is 0.155. The van der Waals surface area contributed by atoms with Crippen molar-refractivity contribution in [2.45, 2.75) is 38.2 Å². The van der Waals surface area contributed by atoms with Crippen molar-refractivity contribution in [3.8, 4) is 11.5 Å². The molecule has 1 aromatic carbocycles. The van der Waals surface area contributed by atoms with Crippen molar-refractivity contribution in [1.29, 1.82) is 0 Å². The van der Waals surface area contributed by atoms with Crippen LogP contribution in [0.4, 0.5) is 5.69 Å². The Hall–Kier alpha value is -1.38. The summed E-state index contributed by atoms with van der Waals surface area (Å²) in [7, 11) is 3.92. The van der Waals surface area contributed by atoms with E-state index in [1.807, 2.05) is 25.1 Å². The molecule has 0 saturated heterocycles. The molecule has 2 rings (SSSR count). The highest BCUT2D eigenvalue weighted by atomic mass is 16.5. The smallest absolute Gasteiger partial charge is 0.143 e. The molecule has 3 heteroatoms. The molecule has 1 aliphatic carbocycles. The second-order valence-corrected chi connectivity index (χ2v) is 4.92. The molecule has 1 fully saturated rings. The van der Waals surface area contributed by atoms with Gasteiger partial charge in [-0.3, -0.25) is 0 Å². The fourth-order valence-corrected chi connectivity index (χ4v) is 2.32. The highest BCUT2D eigenvalue weighted by Gasteiger charge is 2.17. The molecule has 94 valence electrons. The highest BCUT2D eigenvalue weighted by Crippen LogP contribution is 2.33. The fraction of sp³-hybridized carbons (Fsp3) is 0.571. The Balaban J connectivity index is 2.13. The molecular formula is C14H21NO2. The summed E-state index contributed by atoms with van der Waals surface area (Å²) < 4.78 is 6.05. The van der Waals surface area contributed by atoms with E-state index in [4.69, 9.17) is 4.74 Å². The first-order chi connectivity index (χ1) is 8.16. The average molecular weight is 235 g/mol. The van der Waals surface area contributed by atoms with Crippen molar-refractivity contribution in [3.63, 3.8) is 0 Å². The summed E-state index contributed by atoms with van der Waals surface area (Å²) in [6.45, 7) is 0. The number of anilines is 1. The van der Waals surface area contributed by atoms with E-state index in [0.29, 0.717) is 6.10 Å². The maximum absolute atomic E-state index is 9.51. The SMILES string of the molecule is CN(C)c1cc(O)ccc1OC1CCCCC1. The predicted octanol–water partition coefficient (Wildman–Crippen LogP) is 3.17. The van der Waals surface area contributed by atoms with Gasteiger partial charge in [-0.15, -0.1) is 0 Å². The van der Waals surface area contributed by atoms with Gasteiger partial charge in [0.05, 0.1) is 11.8 Å². The number of nitrogens with zero attached hydrogens (tertiary/aromatic N) is 1. The van der Waals surface area contributed by atoms with E-state index in [1.54, 1.807) is 12.1 Å². The first kappa shape index (κ1) is 12.1. The van der Waals surface area contributed by atoms with Crippen LogP contribution in [0.2, 0.25) is 0 Å². The number of rotatable bonds is 3. The second kappa shape index (κ2) is 5.30. The Kier molecular flexibility index (Phi) is 3.77. The van der Waals surface area contributed by atoms with Crippen molar-refractivity contribution in [2.75, 3.05) is 19.0 Å². The number of benzene rings is 1. The summed E-state index contributed by atoms with van der Waals surface area (Å²) in [5, 5.41) is 9.51. The number of phenols is 1. The third-order valence-corrected chi connectivity index (χ3v) is 3.27. The van der Waals surface area contributed by atoms with Crippen molar-refractivity contribution in [3.05, 3.63) is 18.2 Å². The minimum Gasteiger partial charge on any atom is -0.508 e. The zero-order valence-corrected chi connectivity index (χ0v) is 10.6. The summed E-state index contributed by atoms with van der Waals surface area (Å²) in [5.41, 5.74) is 0.940. The van der Waals surface area contributed by atoms with Crippen molar-refractivity contribution in [1.82, 2.24) is 0 Å². The summed E-state index contributed by atoms with van der Waals surface area (Å²) in [6, 6.07) is 5.29. The summed E-state index contributed by atoms with van der Waals surface area (Å²) >= 11 is 0. The van der Waals surface area contributed by atoms with Crippen LogP contribution in [0.25, 0.3) is 0 Å². The van der Waals surface area contributed by atoms with Crippen LogP contribution in [0, 0.1) is 0 Å². The maximum atomic E-state index is 9.51. The van der Waals surface area contributed by atoms with Gasteiger partial charge in [0.25, 0.3) is 0 Å². The lowest BCUT2D eigenvalue weighted by Gasteiger charge is -2.26. The van der Waals surface area contributed by atoms with Gasteiger partial charge in [-0.2, -0.15) is 0 Å². The monoisotopic (exact) mass is 235 g/mol. The van der Waals surface area contributed by atoms with E-state index in [2.05, 4.69) is 0 Å². The Morgan fingerprint density at radius 1 is 1.18 bits per heavy atom. The van der Waals surface area contributed by atoms with E-state index >= 15 is 0 Å². The van der Waals surface area contributed by atoms with Gasteiger partial charge < -0.3 is 14.7 Å². The molecular weight excluding hydrogens is 214 g/mol. The van der Waals surface area contributed by atoms with E-state index in [9.17, 15) is 5.11 Å². The van der Waals surface area contributed by atoms with Crippen LogP contribution in [0.5, 0.6) is 11.5 Å². The second-order valence-electron chi connectivity index (χ2n) is 4.92. The lowest BCUT2D eigenvalue weighted by Crippen LogP contribution is -2.21. The van der Waals surface area contributed by atoms with Gasteiger partial charge in [0, 0.05) is 20.2 Å². The van der Waals surface area contributed by atoms with Gasteiger partial charge in [0.15, 0.2) is 0 Å². The summed E-state index contributed by atoms with van der Waals surface area (Å²) in [5.74, 6) is 1.16. The molecule has 0 bridgehead atoms. The standard InChI is InChI=1S/C14H21NO2/c1-15(2)13-10-11(16)8-9-14(13)17-12-6-4-3-5-7-12/h8-10,12,16H,3-7H2,1-2H3. The molecule has 0 radical (unpaired) electrons. The molecule has 17 heavy (non-hydrogen) atoms. The van der Waals surface area contributed by atoms with Crippen LogP contribution in [-0.2, 0) is 0 Å². The third-order valence-electron chi connectivity index (χ3n) is 3.27. The van der Waals surface area contributed by atoms with Crippen LogP contribution in [0.15, 0.2) is 18.2 Å². The van der Waals surface area contributed by atoms with E-state index in [1.165, 1.54) is 19.3 Å². The predicted molar refractivity (Wildman–Crippen MR) is 69.9 cm³/mol.